The molecule has 10 heterocycles. The molecule has 0 amide bonds. The summed E-state index contributed by atoms with van der Waals surface area (Å²) in [6.45, 7) is 2.14. The lowest BCUT2D eigenvalue weighted by Gasteiger charge is -2.08. The number of hydrogen-bond acceptors (Lipinski definition) is 16. The lowest BCUT2D eigenvalue weighted by atomic mass is 9.82. The fraction of sp³-hybridized carbons (Fsp3) is 0.119. The minimum atomic E-state index is -1.65. The number of nitrogens with one attached hydrogen (secondary N) is 4. The largest absolute Gasteiger partial charge is 0.490 e. The zero-order chi connectivity index (χ0) is 57.7. The number of fused-ring (bicyclic) bond motifs is 6. The zero-order valence-corrected chi connectivity index (χ0v) is 46.0. The number of H-pyrrole nitrogens is 2. The number of aromatic amines is 2. The average molecular weight is 1180 g/mol. The summed E-state index contributed by atoms with van der Waals surface area (Å²) >= 11 is 17.1. The first-order valence-electron chi connectivity index (χ1n) is 25.8. The number of halogens is 5. The van der Waals surface area contributed by atoms with E-state index in [1.165, 1.54) is 57.1 Å². The van der Waals surface area contributed by atoms with Crippen molar-refractivity contribution in [2.75, 3.05) is 30.3 Å². The molecule has 418 valence electrons. The fourth-order valence-corrected chi connectivity index (χ4v) is 9.64. The molecular formula is C59H49BCl3F2N13O5. The number of furan rings is 3. The predicted molar refractivity (Wildman–Crippen MR) is 320 cm³/mol. The van der Waals surface area contributed by atoms with Crippen molar-refractivity contribution >= 4 is 120 Å². The summed E-state index contributed by atoms with van der Waals surface area (Å²) in [5.74, 6) is 0.595. The van der Waals surface area contributed by atoms with E-state index in [1.54, 1.807) is 36.9 Å². The molecule has 0 saturated heterocycles. The van der Waals surface area contributed by atoms with Gasteiger partial charge in [-0.3, -0.25) is 9.97 Å². The highest BCUT2D eigenvalue weighted by molar-refractivity contribution is 6.58. The van der Waals surface area contributed by atoms with Gasteiger partial charge in [-0.2, -0.15) is 4.98 Å². The molecule has 0 spiro atoms. The number of hydrogen-bond donors (Lipinski definition) is 7. The summed E-state index contributed by atoms with van der Waals surface area (Å²) in [6, 6.07) is 32.6. The Balaban J connectivity index is 0.000000124. The SMILES string of the molecule is Clc1nc(Cl)c2occc2n1.Clc1nc(NCCc2c[nH]c3ccccc23)c2occc2n1.Fc1cncc(-c2nc(NCCc3c[nH]c4ccccc34)c3occc3n2)c1.NCCC1=CCc2ccccc21.OB(O)c1cncc(F)c1. The first kappa shape index (κ1) is 57.2. The quantitative estimate of drug-likeness (QED) is 0.0341. The van der Waals surface area contributed by atoms with Gasteiger partial charge in [-0.1, -0.05) is 78.3 Å². The number of allylic oxidation sites excluding steroid dienone is 1. The summed E-state index contributed by atoms with van der Waals surface area (Å²) in [7, 11) is -1.65. The molecule has 3 aromatic carbocycles. The van der Waals surface area contributed by atoms with Gasteiger partial charge in [0.25, 0.3) is 0 Å². The normalized spacial score (nSPS) is 11.4. The zero-order valence-electron chi connectivity index (χ0n) is 43.8. The second-order valence-electron chi connectivity index (χ2n) is 18.3. The molecular weight excluding hydrogens is 1130 g/mol. The first-order valence-corrected chi connectivity index (χ1v) is 27.0. The summed E-state index contributed by atoms with van der Waals surface area (Å²) in [5, 5.41) is 26.6. The number of nitrogens with two attached hydrogens (primary N) is 1. The fourth-order valence-electron chi connectivity index (χ4n) is 9.03. The molecule has 0 saturated carbocycles. The molecule has 0 fully saturated rings. The lowest BCUT2D eigenvalue weighted by molar-refractivity contribution is 0.425. The van der Waals surface area contributed by atoms with Crippen molar-refractivity contribution in [2.24, 2.45) is 5.73 Å². The molecule has 1 aliphatic carbocycles. The first-order chi connectivity index (χ1) is 40.5. The Hall–Kier alpha value is -9.09. The molecule has 18 nitrogen and oxygen atoms in total. The van der Waals surface area contributed by atoms with Crippen LogP contribution in [0, 0.1) is 11.6 Å². The van der Waals surface area contributed by atoms with E-state index in [0.717, 1.165) is 68.3 Å². The minimum absolute atomic E-state index is 0.0556. The van der Waals surface area contributed by atoms with Gasteiger partial charge in [-0.25, -0.2) is 33.7 Å². The van der Waals surface area contributed by atoms with Gasteiger partial charge in [-0.15, -0.1) is 0 Å². The number of anilines is 2. The third kappa shape index (κ3) is 14.3. The van der Waals surface area contributed by atoms with Crippen LogP contribution in [0.1, 0.15) is 28.7 Å². The van der Waals surface area contributed by atoms with Crippen LogP contribution in [0.15, 0.2) is 178 Å². The van der Waals surface area contributed by atoms with E-state index in [1.807, 2.05) is 36.7 Å². The smallest absolute Gasteiger partial charge is 0.459 e. The average Bonchev–Trinajstić information content (AvgIpc) is 4.42. The molecule has 10 aromatic heterocycles. The summed E-state index contributed by atoms with van der Waals surface area (Å²) in [4.78, 5) is 38.7. The van der Waals surface area contributed by atoms with Crippen LogP contribution in [-0.4, -0.2) is 86.6 Å². The predicted octanol–water partition coefficient (Wildman–Crippen LogP) is 12.0. The van der Waals surface area contributed by atoms with Crippen LogP contribution < -0.4 is 21.8 Å². The van der Waals surface area contributed by atoms with Crippen LogP contribution in [0.25, 0.3) is 72.1 Å². The van der Waals surface area contributed by atoms with E-state index < -0.39 is 18.8 Å². The van der Waals surface area contributed by atoms with Gasteiger partial charge < -0.3 is 49.6 Å². The third-order valence-electron chi connectivity index (χ3n) is 12.9. The van der Waals surface area contributed by atoms with Crippen LogP contribution in [0.2, 0.25) is 15.7 Å². The van der Waals surface area contributed by atoms with Crippen molar-refractivity contribution in [2.45, 2.75) is 25.7 Å². The monoisotopic (exact) mass is 1170 g/mol. The molecule has 83 heavy (non-hydrogen) atoms. The standard InChI is InChI=1S/C21H16FN5O.C16H13ClN4O.C11H13N.C6H2Cl2N2O.C5H5BFNO2/c22-15-9-14(10-23-12-15)20-26-18-6-8-28-19(18)21(27-20)24-7-5-13-11-25-17-4-2-1-3-16(13)17;17-16-20-13-6-8-22-14(13)15(21-16)18-7-5-10-9-19-12-4-2-1-3-11(10)12;12-8-7-10-6-5-9-3-1-2-4-11(9)10;7-5-4-3(1-2-11-4)9-6(8)10-5;7-5-1-4(6(9)10)2-8-3-5/h1-4,6,8-12,25H,5,7H2,(H,24,26,27);1-4,6,8-9,19H,5,7H2,(H,18,20,21);1-4,6H,5,7-8,12H2;1-2H;1-3,9-10H. The summed E-state index contributed by atoms with van der Waals surface area (Å²) < 4.78 is 41.7. The number of pyridine rings is 2. The highest BCUT2D eigenvalue weighted by atomic mass is 35.5. The second-order valence-corrected chi connectivity index (χ2v) is 19.4. The molecule has 0 bridgehead atoms. The molecule has 13 aromatic rings. The Bertz CT molecular complexity index is 4340. The molecule has 0 aliphatic heterocycles. The Kier molecular flexibility index (Phi) is 18.7. The third-order valence-corrected chi connectivity index (χ3v) is 13.5. The van der Waals surface area contributed by atoms with E-state index >= 15 is 0 Å². The van der Waals surface area contributed by atoms with Crippen molar-refractivity contribution < 1.29 is 32.1 Å². The summed E-state index contributed by atoms with van der Waals surface area (Å²) in [6.07, 6.45) is 19.7. The van der Waals surface area contributed by atoms with Gasteiger partial charge >= 0.3 is 7.12 Å². The Morgan fingerprint density at radius 3 is 1.73 bits per heavy atom. The van der Waals surface area contributed by atoms with Crippen molar-refractivity contribution in [3.63, 3.8) is 0 Å². The maximum absolute atomic E-state index is 13.5. The molecule has 24 heteroatoms. The lowest BCUT2D eigenvalue weighted by Crippen LogP contribution is -2.30. The Morgan fingerprint density at radius 1 is 0.590 bits per heavy atom. The number of benzene rings is 3. The van der Waals surface area contributed by atoms with E-state index in [4.69, 9.17) is 63.8 Å². The van der Waals surface area contributed by atoms with Crippen LogP contribution in [0.4, 0.5) is 20.4 Å². The van der Waals surface area contributed by atoms with Crippen molar-refractivity contribution in [3.8, 4) is 11.4 Å². The topological polar surface area (TPSA) is 265 Å². The Morgan fingerprint density at radius 2 is 1.13 bits per heavy atom. The van der Waals surface area contributed by atoms with Gasteiger partial charge in [0.05, 0.1) is 31.2 Å². The molecule has 8 N–H and O–H groups in total. The molecule has 0 radical (unpaired) electrons. The number of nitrogens with zero attached hydrogens (tertiary/aromatic N) is 8. The maximum atomic E-state index is 13.5. The maximum Gasteiger partial charge on any atom is 0.490 e. The molecule has 14 rings (SSSR count). The van der Waals surface area contributed by atoms with Gasteiger partial charge in [0.2, 0.25) is 10.6 Å². The second kappa shape index (κ2) is 27.1. The van der Waals surface area contributed by atoms with Crippen molar-refractivity contribution in [3.05, 3.63) is 215 Å². The van der Waals surface area contributed by atoms with Gasteiger partial charge in [0.15, 0.2) is 39.4 Å². The minimum Gasteiger partial charge on any atom is -0.459 e. The van der Waals surface area contributed by atoms with Crippen LogP contribution in [-0.2, 0) is 19.3 Å². The van der Waals surface area contributed by atoms with E-state index in [2.05, 4.69) is 115 Å². The van der Waals surface area contributed by atoms with Crippen molar-refractivity contribution in [1.82, 2.24) is 49.8 Å². The highest BCUT2D eigenvalue weighted by Crippen LogP contribution is 2.30. The number of rotatable bonds is 12. The van der Waals surface area contributed by atoms with Gasteiger partial charge in [0, 0.05) is 88.9 Å². The summed E-state index contributed by atoms with van der Waals surface area (Å²) in [5.41, 5.74) is 18.8. The number of aromatic nitrogens is 10. The van der Waals surface area contributed by atoms with E-state index in [0.29, 0.717) is 62.9 Å². The van der Waals surface area contributed by atoms with Gasteiger partial charge in [-0.05, 0) is 108 Å². The molecule has 1 aliphatic rings. The van der Waals surface area contributed by atoms with Crippen LogP contribution >= 0.6 is 34.8 Å². The molecule has 0 atom stereocenters. The Labute approximate surface area is 487 Å². The molecule has 0 unspecified atom stereocenters. The van der Waals surface area contributed by atoms with Crippen LogP contribution in [0.5, 0.6) is 0 Å². The van der Waals surface area contributed by atoms with Gasteiger partial charge in [0.1, 0.15) is 28.2 Å². The highest BCUT2D eigenvalue weighted by Gasteiger charge is 2.16. The van der Waals surface area contributed by atoms with E-state index in [9.17, 15) is 8.78 Å². The van der Waals surface area contributed by atoms with Crippen LogP contribution in [0.3, 0.4) is 0 Å². The van der Waals surface area contributed by atoms with E-state index in [-0.39, 0.29) is 21.2 Å². The number of para-hydroxylation sites is 2. The van der Waals surface area contributed by atoms with Crippen molar-refractivity contribution in [1.29, 1.82) is 0 Å².